The Morgan fingerprint density at radius 2 is 2.00 bits per heavy atom. The molecule has 1 aromatic carbocycles. The molecule has 33 heavy (non-hydrogen) atoms. The van der Waals surface area contributed by atoms with Gasteiger partial charge in [0.05, 0.1) is 36.1 Å². The third-order valence-electron chi connectivity index (χ3n) is 6.42. The Kier molecular flexibility index (Phi) is 9.19. The van der Waals surface area contributed by atoms with Gasteiger partial charge in [0.1, 0.15) is 11.9 Å². The summed E-state index contributed by atoms with van der Waals surface area (Å²) in [6.45, 7) is 6.93. The van der Waals surface area contributed by atoms with E-state index in [4.69, 9.17) is 31.5 Å². The number of morpholine rings is 1. The fourth-order valence-electron chi connectivity index (χ4n) is 4.35. The second-order valence-electron chi connectivity index (χ2n) is 8.68. The van der Waals surface area contributed by atoms with Gasteiger partial charge < -0.3 is 30.2 Å². The largest absolute Gasteiger partial charge is 0.496 e. The van der Waals surface area contributed by atoms with Crippen molar-refractivity contribution < 1.29 is 23.8 Å². The lowest BCUT2D eigenvalue weighted by molar-refractivity contribution is -0.142. The van der Waals surface area contributed by atoms with E-state index in [0.29, 0.717) is 41.1 Å². The maximum Gasteiger partial charge on any atom is 0.255 e. The van der Waals surface area contributed by atoms with Crippen LogP contribution >= 0.6 is 11.6 Å². The van der Waals surface area contributed by atoms with Gasteiger partial charge in [0.15, 0.2) is 0 Å². The maximum atomic E-state index is 12.7. The van der Waals surface area contributed by atoms with E-state index in [0.717, 1.165) is 45.6 Å². The van der Waals surface area contributed by atoms with Crippen molar-refractivity contribution in [2.45, 2.75) is 32.0 Å². The van der Waals surface area contributed by atoms with Gasteiger partial charge in [-0.2, -0.15) is 0 Å². The lowest BCUT2D eigenvalue weighted by Gasteiger charge is -2.38. The Hall–Kier alpha value is -2.07. The topological polar surface area (TPSA) is 106 Å². The number of nitrogens with zero attached hydrogens (tertiary/aromatic N) is 2. The Morgan fingerprint density at radius 3 is 2.67 bits per heavy atom. The molecule has 2 saturated heterocycles. The van der Waals surface area contributed by atoms with Crippen LogP contribution in [0.4, 0.5) is 5.69 Å². The summed E-state index contributed by atoms with van der Waals surface area (Å²) in [6, 6.07) is 3.06. The summed E-state index contributed by atoms with van der Waals surface area (Å²) < 4.78 is 16.3. The molecule has 2 heterocycles. The number of hydrogen-bond acceptors (Lipinski definition) is 7. The molecule has 3 N–H and O–H groups in total. The molecule has 0 saturated carbocycles. The van der Waals surface area contributed by atoms with E-state index in [1.54, 1.807) is 20.1 Å². The highest BCUT2D eigenvalue weighted by atomic mass is 35.5. The summed E-state index contributed by atoms with van der Waals surface area (Å²) in [5.74, 6) is 0.709. The smallest absolute Gasteiger partial charge is 0.255 e. The number of methoxy groups -OCH3 is 2. The van der Waals surface area contributed by atoms with Gasteiger partial charge in [0, 0.05) is 52.4 Å². The Balaban J connectivity index is 1.45. The second kappa shape index (κ2) is 11.9. The van der Waals surface area contributed by atoms with Gasteiger partial charge in [0.25, 0.3) is 11.8 Å². The molecule has 2 fully saturated rings. The van der Waals surface area contributed by atoms with Crippen molar-refractivity contribution in [1.29, 1.82) is 0 Å². The summed E-state index contributed by atoms with van der Waals surface area (Å²) in [4.78, 5) is 29.3. The average Bonchev–Trinajstić information content (AvgIpc) is 2.83. The highest BCUT2D eigenvalue weighted by molar-refractivity contribution is 6.33. The molecule has 3 rings (SSSR count). The van der Waals surface area contributed by atoms with E-state index in [2.05, 4.69) is 10.2 Å². The van der Waals surface area contributed by atoms with E-state index in [1.165, 1.54) is 13.2 Å². The number of likely N-dealkylation sites (tertiary alicyclic amines) is 1. The van der Waals surface area contributed by atoms with Crippen LogP contribution < -0.4 is 15.8 Å². The highest BCUT2D eigenvalue weighted by Gasteiger charge is 2.29. The number of piperidine rings is 1. The van der Waals surface area contributed by atoms with Gasteiger partial charge in [-0.25, -0.2) is 0 Å². The molecule has 1 aromatic rings. The van der Waals surface area contributed by atoms with E-state index < -0.39 is 0 Å². The molecule has 0 aromatic heterocycles. The fraction of sp³-hybridized carbons (Fsp3) is 0.652. The standard InChI is InChI=1S/C23H35ClN4O5/c1-15(31-2)23(30)28-6-4-16(5-7-28)13-27-8-9-33-17(14-27)12-26-22(29)18-10-19(24)20(25)11-21(18)32-3/h10-11,15-17H,4-9,12-14,25H2,1-3H3,(H,26,29)/t15-,17-/m0/s1. The van der Waals surface area contributed by atoms with Crippen LogP contribution in [0.25, 0.3) is 0 Å². The number of nitrogens with two attached hydrogens (primary N) is 1. The third-order valence-corrected chi connectivity index (χ3v) is 6.75. The van der Waals surface area contributed by atoms with E-state index in [-0.39, 0.29) is 24.0 Å². The molecule has 2 amide bonds. The molecule has 2 aliphatic heterocycles. The predicted octanol–water partition coefficient (Wildman–Crippen LogP) is 1.63. The van der Waals surface area contributed by atoms with Crippen LogP contribution in [0.3, 0.4) is 0 Å². The molecule has 9 nitrogen and oxygen atoms in total. The van der Waals surface area contributed by atoms with Crippen LogP contribution in [0, 0.1) is 5.92 Å². The summed E-state index contributed by atoms with van der Waals surface area (Å²) in [5.41, 5.74) is 6.50. The summed E-state index contributed by atoms with van der Waals surface area (Å²) in [6.07, 6.45) is 1.49. The first kappa shape index (κ1) is 25.6. The van der Waals surface area contributed by atoms with Gasteiger partial charge in [0.2, 0.25) is 0 Å². The number of amides is 2. The fourth-order valence-corrected chi connectivity index (χ4v) is 4.51. The maximum absolute atomic E-state index is 12.7. The van der Waals surface area contributed by atoms with Crippen molar-refractivity contribution in [3.05, 3.63) is 22.7 Å². The molecule has 0 aliphatic carbocycles. The number of ether oxygens (including phenoxy) is 3. The number of carbonyl (C=O) groups is 2. The molecule has 0 radical (unpaired) electrons. The van der Waals surface area contributed by atoms with Crippen LogP contribution in [-0.4, -0.2) is 93.9 Å². The molecule has 2 aliphatic rings. The minimum atomic E-state index is -0.388. The average molecular weight is 483 g/mol. The highest BCUT2D eigenvalue weighted by Crippen LogP contribution is 2.28. The first-order valence-corrected chi connectivity index (χ1v) is 11.8. The van der Waals surface area contributed by atoms with Gasteiger partial charge in [-0.3, -0.25) is 14.5 Å². The summed E-state index contributed by atoms with van der Waals surface area (Å²) in [5, 5.41) is 3.23. The van der Waals surface area contributed by atoms with Crippen LogP contribution in [0.15, 0.2) is 12.1 Å². The number of benzene rings is 1. The molecular weight excluding hydrogens is 448 g/mol. The summed E-state index contributed by atoms with van der Waals surface area (Å²) >= 11 is 6.08. The number of halogens is 1. The molecule has 0 bridgehead atoms. The Bertz CT molecular complexity index is 831. The molecule has 0 unspecified atom stereocenters. The van der Waals surface area contributed by atoms with E-state index in [9.17, 15) is 9.59 Å². The van der Waals surface area contributed by atoms with Crippen molar-refractivity contribution in [2.24, 2.45) is 5.92 Å². The zero-order valence-corrected chi connectivity index (χ0v) is 20.4. The van der Waals surface area contributed by atoms with Gasteiger partial charge in [-0.05, 0) is 31.7 Å². The van der Waals surface area contributed by atoms with Crippen molar-refractivity contribution >= 4 is 29.1 Å². The van der Waals surface area contributed by atoms with E-state index in [1.807, 2.05) is 4.90 Å². The number of nitrogen functional groups attached to an aromatic ring is 1. The van der Waals surface area contributed by atoms with Crippen LogP contribution in [0.1, 0.15) is 30.1 Å². The molecule has 2 atom stereocenters. The van der Waals surface area contributed by atoms with Crippen molar-refractivity contribution in [1.82, 2.24) is 15.1 Å². The van der Waals surface area contributed by atoms with Crippen LogP contribution in [0.2, 0.25) is 5.02 Å². The third kappa shape index (κ3) is 6.72. The van der Waals surface area contributed by atoms with Crippen LogP contribution in [0.5, 0.6) is 5.75 Å². The number of anilines is 1. The van der Waals surface area contributed by atoms with Gasteiger partial charge in [-0.1, -0.05) is 11.6 Å². The molecule has 184 valence electrons. The van der Waals surface area contributed by atoms with Gasteiger partial charge in [-0.15, -0.1) is 0 Å². The first-order valence-electron chi connectivity index (χ1n) is 11.4. The van der Waals surface area contributed by atoms with Crippen LogP contribution in [-0.2, 0) is 14.3 Å². The number of nitrogens with one attached hydrogen (secondary N) is 1. The SMILES string of the molecule is COc1cc(N)c(Cl)cc1C(=O)NC[C@H]1CN(CC2CCN(C(=O)[C@H](C)OC)CC2)CCO1. The second-order valence-corrected chi connectivity index (χ2v) is 9.09. The zero-order valence-electron chi connectivity index (χ0n) is 19.6. The monoisotopic (exact) mass is 482 g/mol. The molecular formula is C23H35ClN4O5. The lowest BCUT2D eigenvalue weighted by Crippen LogP contribution is -2.50. The quantitative estimate of drug-likeness (QED) is 0.542. The number of rotatable bonds is 8. The minimum Gasteiger partial charge on any atom is -0.496 e. The van der Waals surface area contributed by atoms with Crippen molar-refractivity contribution in [2.75, 3.05) is 65.8 Å². The summed E-state index contributed by atoms with van der Waals surface area (Å²) in [7, 11) is 3.05. The van der Waals surface area contributed by atoms with Crippen molar-refractivity contribution in [3.8, 4) is 5.75 Å². The zero-order chi connectivity index (χ0) is 24.0. The molecule has 0 spiro atoms. The van der Waals surface area contributed by atoms with Crippen molar-refractivity contribution in [3.63, 3.8) is 0 Å². The number of hydrogen-bond donors (Lipinski definition) is 2. The predicted molar refractivity (Wildman–Crippen MR) is 127 cm³/mol. The molecule has 10 heteroatoms. The normalized spacial score (nSPS) is 21.0. The van der Waals surface area contributed by atoms with E-state index >= 15 is 0 Å². The Morgan fingerprint density at radius 1 is 1.27 bits per heavy atom. The lowest BCUT2D eigenvalue weighted by atomic mass is 9.95. The first-order chi connectivity index (χ1) is 15.8. The van der Waals surface area contributed by atoms with Gasteiger partial charge >= 0.3 is 0 Å². The Labute approximate surface area is 200 Å². The number of carbonyl (C=O) groups excluding carboxylic acids is 2. The minimum absolute atomic E-state index is 0.0668.